The SMILES string of the molecule is Cc1ccc(C(=O)CCC(=O)Oc2ccc(NC(=O)c3ccccc3)cc2)cc1. The maximum atomic E-state index is 12.1. The van der Waals surface area contributed by atoms with Crippen LogP contribution in [-0.2, 0) is 4.79 Å². The lowest BCUT2D eigenvalue weighted by atomic mass is 10.1. The highest BCUT2D eigenvalue weighted by Gasteiger charge is 2.11. The molecule has 0 spiro atoms. The summed E-state index contributed by atoms with van der Waals surface area (Å²) in [6.45, 7) is 1.95. The van der Waals surface area contributed by atoms with Gasteiger partial charge in [0.1, 0.15) is 5.75 Å². The number of amides is 1. The summed E-state index contributed by atoms with van der Waals surface area (Å²) in [5.74, 6) is -0.437. The van der Waals surface area contributed by atoms with Crippen LogP contribution in [0.2, 0.25) is 0 Å². The van der Waals surface area contributed by atoms with E-state index in [1.54, 1.807) is 60.7 Å². The quantitative estimate of drug-likeness (QED) is 0.358. The van der Waals surface area contributed by atoms with Gasteiger partial charge < -0.3 is 10.1 Å². The standard InChI is InChI=1S/C24H21NO4/c1-17-7-9-18(10-8-17)22(26)15-16-23(27)29-21-13-11-20(12-14-21)25-24(28)19-5-3-2-4-6-19/h2-14H,15-16H2,1H3,(H,25,28). The van der Waals surface area contributed by atoms with Crippen molar-refractivity contribution in [3.8, 4) is 5.75 Å². The van der Waals surface area contributed by atoms with Gasteiger partial charge in [-0.2, -0.15) is 0 Å². The summed E-state index contributed by atoms with van der Waals surface area (Å²) >= 11 is 0. The topological polar surface area (TPSA) is 72.5 Å². The zero-order valence-electron chi connectivity index (χ0n) is 16.1. The Bertz CT molecular complexity index is 993. The average Bonchev–Trinajstić information content (AvgIpc) is 2.74. The molecule has 0 aromatic heterocycles. The van der Waals surface area contributed by atoms with Crippen molar-refractivity contribution in [1.82, 2.24) is 0 Å². The van der Waals surface area contributed by atoms with E-state index in [0.29, 0.717) is 22.6 Å². The minimum absolute atomic E-state index is 0.000789. The molecule has 0 saturated carbocycles. The van der Waals surface area contributed by atoms with Gasteiger partial charge in [-0.1, -0.05) is 48.0 Å². The third-order valence-electron chi connectivity index (χ3n) is 4.31. The maximum Gasteiger partial charge on any atom is 0.311 e. The van der Waals surface area contributed by atoms with Gasteiger partial charge in [0.05, 0.1) is 6.42 Å². The van der Waals surface area contributed by atoms with Crippen LogP contribution in [0.3, 0.4) is 0 Å². The van der Waals surface area contributed by atoms with Gasteiger partial charge in [-0.25, -0.2) is 0 Å². The molecule has 0 radical (unpaired) electrons. The monoisotopic (exact) mass is 387 g/mol. The number of Topliss-reactive ketones (excluding diaryl/α,β-unsaturated/α-hetero) is 1. The number of rotatable bonds is 7. The van der Waals surface area contributed by atoms with Crippen molar-refractivity contribution in [3.63, 3.8) is 0 Å². The Morgan fingerprint density at radius 2 is 1.41 bits per heavy atom. The van der Waals surface area contributed by atoms with Gasteiger partial charge in [0.15, 0.2) is 5.78 Å². The second kappa shape index (κ2) is 9.46. The minimum atomic E-state index is -0.480. The Morgan fingerprint density at radius 1 is 0.759 bits per heavy atom. The maximum absolute atomic E-state index is 12.1. The number of esters is 1. The molecule has 0 unspecified atom stereocenters. The number of hydrogen-bond donors (Lipinski definition) is 1. The first-order valence-electron chi connectivity index (χ1n) is 9.28. The van der Waals surface area contributed by atoms with Crippen molar-refractivity contribution in [2.75, 3.05) is 5.32 Å². The Balaban J connectivity index is 1.49. The van der Waals surface area contributed by atoms with E-state index in [1.807, 2.05) is 25.1 Å². The van der Waals surface area contributed by atoms with Crippen molar-refractivity contribution >= 4 is 23.3 Å². The molecule has 29 heavy (non-hydrogen) atoms. The molecule has 0 atom stereocenters. The first-order valence-corrected chi connectivity index (χ1v) is 9.28. The Morgan fingerprint density at radius 3 is 2.07 bits per heavy atom. The normalized spacial score (nSPS) is 10.2. The van der Waals surface area contributed by atoms with Gasteiger partial charge in [-0.15, -0.1) is 0 Å². The van der Waals surface area contributed by atoms with Gasteiger partial charge in [-0.3, -0.25) is 14.4 Å². The van der Waals surface area contributed by atoms with Crippen molar-refractivity contribution in [2.45, 2.75) is 19.8 Å². The van der Waals surface area contributed by atoms with Crippen LogP contribution < -0.4 is 10.1 Å². The van der Waals surface area contributed by atoms with E-state index in [0.717, 1.165) is 5.56 Å². The fourth-order valence-electron chi connectivity index (χ4n) is 2.68. The van der Waals surface area contributed by atoms with E-state index in [1.165, 1.54) is 0 Å². The van der Waals surface area contributed by atoms with Crippen molar-refractivity contribution in [3.05, 3.63) is 95.6 Å². The molecular weight excluding hydrogens is 366 g/mol. The molecule has 0 saturated heterocycles. The molecule has 0 bridgehead atoms. The highest BCUT2D eigenvalue weighted by Crippen LogP contribution is 2.17. The van der Waals surface area contributed by atoms with Crippen molar-refractivity contribution in [2.24, 2.45) is 0 Å². The fraction of sp³-hybridized carbons (Fsp3) is 0.125. The second-order valence-corrected chi connectivity index (χ2v) is 6.61. The van der Waals surface area contributed by atoms with Gasteiger partial charge in [0, 0.05) is 23.2 Å². The summed E-state index contributed by atoms with van der Waals surface area (Å²) in [7, 11) is 0. The van der Waals surface area contributed by atoms with Crippen LogP contribution in [0.25, 0.3) is 0 Å². The molecule has 0 fully saturated rings. The number of benzene rings is 3. The molecule has 3 aromatic carbocycles. The van der Waals surface area contributed by atoms with E-state index >= 15 is 0 Å². The molecule has 0 heterocycles. The molecule has 3 aromatic rings. The molecule has 0 aliphatic rings. The second-order valence-electron chi connectivity index (χ2n) is 6.61. The molecule has 5 nitrogen and oxygen atoms in total. The van der Waals surface area contributed by atoms with E-state index in [2.05, 4.69) is 5.32 Å². The number of ether oxygens (including phenoxy) is 1. The van der Waals surface area contributed by atoms with E-state index < -0.39 is 5.97 Å². The summed E-state index contributed by atoms with van der Waals surface area (Å²) < 4.78 is 5.26. The molecule has 0 aliphatic heterocycles. The van der Waals surface area contributed by atoms with Crippen LogP contribution in [0.5, 0.6) is 5.75 Å². The highest BCUT2D eigenvalue weighted by atomic mass is 16.5. The first kappa shape index (κ1) is 20.0. The van der Waals surface area contributed by atoms with Crippen LogP contribution >= 0.6 is 0 Å². The Hall–Kier alpha value is -3.73. The first-order chi connectivity index (χ1) is 14.0. The summed E-state index contributed by atoms with van der Waals surface area (Å²) in [6, 6.07) is 22.6. The van der Waals surface area contributed by atoms with Crippen LogP contribution in [0, 0.1) is 6.92 Å². The molecular formula is C24H21NO4. The van der Waals surface area contributed by atoms with Gasteiger partial charge in [0.25, 0.3) is 5.91 Å². The van der Waals surface area contributed by atoms with Crippen LogP contribution in [0.4, 0.5) is 5.69 Å². The Labute approximate surface area is 169 Å². The van der Waals surface area contributed by atoms with E-state index in [4.69, 9.17) is 4.74 Å². The molecule has 3 rings (SSSR count). The Kier molecular flexibility index (Phi) is 6.53. The number of carbonyl (C=O) groups excluding carboxylic acids is 3. The lowest BCUT2D eigenvalue weighted by Gasteiger charge is -2.07. The fourth-order valence-corrected chi connectivity index (χ4v) is 2.68. The van der Waals surface area contributed by atoms with Gasteiger partial charge in [-0.05, 0) is 43.3 Å². The predicted octanol–water partition coefficient (Wildman–Crippen LogP) is 4.82. The third kappa shape index (κ3) is 5.87. The van der Waals surface area contributed by atoms with E-state index in [9.17, 15) is 14.4 Å². The smallest absolute Gasteiger partial charge is 0.311 e. The molecule has 146 valence electrons. The lowest BCUT2D eigenvalue weighted by Crippen LogP contribution is -2.12. The van der Waals surface area contributed by atoms with Gasteiger partial charge >= 0.3 is 5.97 Å². The van der Waals surface area contributed by atoms with Crippen LogP contribution in [-0.4, -0.2) is 17.7 Å². The lowest BCUT2D eigenvalue weighted by molar-refractivity contribution is -0.134. The zero-order chi connectivity index (χ0) is 20.6. The number of nitrogens with one attached hydrogen (secondary N) is 1. The number of aryl methyl sites for hydroxylation is 1. The summed E-state index contributed by atoms with van der Waals surface area (Å²) in [5, 5.41) is 2.78. The van der Waals surface area contributed by atoms with Crippen molar-refractivity contribution < 1.29 is 19.1 Å². The molecule has 0 aliphatic carbocycles. The number of hydrogen-bond acceptors (Lipinski definition) is 4. The van der Waals surface area contributed by atoms with Gasteiger partial charge in [0.2, 0.25) is 0 Å². The predicted molar refractivity (Wildman–Crippen MR) is 111 cm³/mol. The average molecular weight is 387 g/mol. The zero-order valence-corrected chi connectivity index (χ0v) is 16.1. The molecule has 1 amide bonds. The number of carbonyl (C=O) groups is 3. The van der Waals surface area contributed by atoms with E-state index in [-0.39, 0.29) is 24.5 Å². The minimum Gasteiger partial charge on any atom is -0.427 e. The number of ketones is 1. The highest BCUT2D eigenvalue weighted by molar-refractivity contribution is 6.04. The summed E-state index contributed by atoms with van der Waals surface area (Å²) in [4.78, 5) is 36.3. The molecule has 5 heteroatoms. The summed E-state index contributed by atoms with van der Waals surface area (Å²) in [6.07, 6.45) is 0.0896. The largest absolute Gasteiger partial charge is 0.427 e. The number of anilines is 1. The molecule has 1 N–H and O–H groups in total. The van der Waals surface area contributed by atoms with Crippen LogP contribution in [0.15, 0.2) is 78.9 Å². The summed E-state index contributed by atoms with van der Waals surface area (Å²) in [5.41, 5.74) is 2.81. The van der Waals surface area contributed by atoms with Crippen molar-refractivity contribution in [1.29, 1.82) is 0 Å². The van der Waals surface area contributed by atoms with Crippen LogP contribution in [0.1, 0.15) is 39.1 Å². The third-order valence-corrected chi connectivity index (χ3v) is 4.31.